The average Bonchev–Trinajstić information content (AvgIpc) is 3.02. The van der Waals surface area contributed by atoms with Crippen molar-refractivity contribution in [1.29, 1.82) is 0 Å². The van der Waals surface area contributed by atoms with Gasteiger partial charge in [0.2, 0.25) is 11.7 Å². The maximum atomic E-state index is 6.44. The van der Waals surface area contributed by atoms with Gasteiger partial charge in [0.05, 0.1) is 14.2 Å². The van der Waals surface area contributed by atoms with Crippen molar-refractivity contribution >= 4 is 27.3 Å². The van der Waals surface area contributed by atoms with Crippen LogP contribution in [0.3, 0.4) is 0 Å². The fraction of sp³-hybridized carbons (Fsp3) is 0.538. The van der Waals surface area contributed by atoms with Gasteiger partial charge in [0.25, 0.3) is 0 Å². The van der Waals surface area contributed by atoms with Crippen molar-refractivity contribution in [1.82, 2.24) is 10.1 Å². The summed E-state index contributed by atoms with van der Waals surface area (Å²) in [5.74, 6) is 1.96. The number of thiophene rings is 1. The molecular formula is C13H16BrN3OS. The van der Waals surface area contributed by atoms with Gasteiger partial charge < -0.3 is 10.3 Å². The van der Waals surface area contributed by atoms with Crippen LogP contribution in [-0.4, -0.2) is 10.1 Å². The SMILES string of the molecule is CC1CCC(N)(c2nc(-c3ccc(Br)s3)no2)CC1. The molecule has 0 aromatic carbocycles. The molecule has 0 unspecified atom stereocenters. The van der Waals surface area contributed by atoms with E-state index >= 15 is 0 Å². The monoisotopic (exact) mass is 341 g/mol. The highest BCUT2D eigenvalue weighted by Gasteiger charge is 2.37. The molecule has 19 heavy (non-hydrogen) atoms. The zero-order chi connectivity index (χ0) is 13.5. The molecule has 2 aromatic rings. The maximum Gasteiger partial charge on any atom is 0.247 e. The molecule has 2 aromatic heterocycles. The Morgan fingerprint density at radius 3 is 2.79 bits per heavy atom. The summed E-state index contributed by atoms with van der Waals surface area (Å²) in [4.78, 5) is 5.50. The van der Waals surface area contributed by atoms with E-state index in [2.05, 4.69) is 33.0 Å². The average molecular weight is 342 g/mol. The van der Waals surface area contributed by atoms with Crippen LogP contribution in [0.25, 0.3) is 10.7 Å². The second-order valence-electron chi connectivity index (χ2n) is 5.37. The molecule has 0 bridgehead atoms. The standard InChI is InChI=1S/C13H16BrN3OS/c1-8-4-6-13(15,7-5-8)12-16-11(17-18-12)9-2-3-10(14)19-9/h2-3,8H,4-7,15H2,1H3. The maximum absolute atomic E-state index is 6.44. The van der Waals surface area contributed by atoms with Crippen LogP contribution >= 0.6 is 27.3 Å². The van der Waals surface area contributed by atoms with Crippen molar-refractivity contribution in [2.45, 2.75) is 38.1 Å². The van der Waals surface area contributed by atoms with Gasteiger partial charge in [-0.2, -0.15) is 4.98 Å². The van der Waals surface area contributed by atoms with Crippen LogP contribution in [0.4, 0.5) is 0 Å². The van der Waals surface area contributed by atoms with Crippen molar-refractivity contribution < 1.29 is 4.52 Å². The van der Waals surface area contributed by atoms with Crippen LogP contribution in [0.5, 0.6) is 0 Å². The second-order valence-corrected chi connectivity index (χ2v) is 7.83. The summed E-state index contributed by atoms with van der Waals surface area (Å²) in [6.45, 7) is 2.27. The predicted octanol–water partition coefficient (Wildman–Crippen LogP) is 3.92. The summed E-state index contributed by atoms with van der Waals surface area (Å²) in [5, 5.41) is 4.06. The Morgan fingerprint density at radius 1 is 1.42 bits per heavy atom. The van der Waals surface area contributed by atoms with Crippen molar-refractivity contribution in [2.24, 2.45) is 11.7 Å². The molecule has 1 aliphatic carbocycles. The lowest BCUT2D eigenvalue weighted by Crippen LogP contribution is -2.40. The highest BCUT2D eigenvalue weighted by atomic mass is 79.9. The molecule has 0 aliphatic heterocycles. The Bertz CT molecular complexity index is 572. The van der Waals surface area contributed by atoms with Crippen molar-refractivity contribution in [2.75, 3.05) is 0 Å². The zero-order valence-corrected chi connectivity index (χ0v) is 13.1. The van der Waals surface area contributed by atoms with E-state index < -0.39 is 5.54 Å². The molecule has 3 rings (SSSR count). The number of rotatable bonds is 2. The summed E-state index contributed by atoms with van der Waals surface area (Å²) < 4.78 is 6.47. The molecule has 0 spiro atoms. The van der Waals surface area contributed by atoms with Crippen LogP contribution < -0.4 is 5.73 Å². The molecule has 102 valence electrons. The second kappa shape index (κ2) is 5.00. The third-order valence-corrected chi connectivity index (χ3v) is 5.43. The molecule has 1 aliphatic rings. The fourth-order valence-corrected chi connectivity index (χ4v) is 3.76. The first-order chi connectivity index (χ1) is 9.07. The minimum absolute atomic E-state index is 0.438. The van der Waals surface area contributed by atoms with Gasteiger partial charge in [0.1, 0.15) is 0 Å². The minimum atomic E-state index is -0.438. The lowest BCUT2D eigenvalue weighted by molar-refractivity contribution is 0.191. The lowest BCUT2D eigenvalue weighted by atomic mass is 9.78. The predicted molar refractivity (Wildman–Crippen MR) is 78.8 cm³/mol. The van der Waals surface area contributed by atoms with Gasteiger partial charge >= 0.3 is 0 Å². The molecule has 4 nitrogen and oxygen atoms in total. The smallest absolute Gasteiger partial charge is 0.247 e. The number of hydrogen-bond donors (Lipinski definition) is 1. The van der Waals surface area contributed by atoms with Crippen LogP contribution in [0, 0.1) is 5.92 Å². The van der Waals surface area contributed by atoms with Crippen LogP contribution in [0.1, 0.15) is 38.5 Å². The highest BCUT2D eigenvalue weighted by molar-refractivity contribution is 9.11. The summed E-state index contributed by atoms with van der Waals surface area (Å²) in [5.41, 5.74) is 6.00. The summed E-state index contributed by atoms with van der Waals surface area (Å²) in [6.07, 6.45) is 4.09. The molecule has 0 amide bonds. The van der Waals surface area contributed by atoms with Gasteiger partial charge in [-0.05, 0) is 59.7 Å². The normalized spacial score (nSPS) is 27.6. The van der Waals surface area contributed by atoms with E-state index in [-0.39, 0.29) is 0 Å². The summed E-state index contributed by atoms with van der Waals surface area (Å²) in [7, 11) is 0. The quantitative estimate of drug-likeness (QED) is 0.898. The molecule has 2 heterocycles. The Labute approximate surface area is 124 Å². The zero-order valence-electron chi connectivity index (χ0n) is 10.7. The lowest BCUT2D eigenvalue weighted by Gasteiger charge is -2.32. The summed E-state index contributed by atoms with van der Waals surface area (Å²) >= 11 is 5.03. The van der Waals surface area contributed by atoms with Gasteiger partial charge in [-0.3, -0.25) is 0 Å². The van der Waals surface area contributed by atoms with E-state index in [4.69, 9.17) is 10.3 Å². The van der Waals surface area contributed by atoms with E-state index in [1.807, 2.05) is 12.1 Å². The Hall–Kier alpha value is -0.720. The topological polar surface area (TPSA) is 64.9 Å². The number of nitrogens with zero attached hydrogens (tertiary/aromatic N) is 2. The third kappa shape index (κ3) is 2.61. The van der Waals surface area contributed by atoms with Crippen molar-refractivity contribution in [3.8, 4) is 10.7 Å². The van der Waals surface area contributed by atoms with E-state index in [1.165, 1.54) is 0 Å². The minimum Gasteiger partial charge on any atom is -0.337 e. The number of halogens is 1. The highest BCUT2D eigenvalue weighted by Crippen LogP contribution is 2.38. The molecule has 0 atom stereocenters. The summed E-state index contributed by atoms with van der Waals surface area (Å²) in [6, 6.07) is 3.96. The van der Waals surface area contributed by atoms with Crippen molar-refractivity contribution in [3.05, 3.63) is 21.8 Å². The van der Waals surface area contributed by atoms with E-state index in [1.54, 1.807) is 11.3 Å². The number of hydrogen-bond acceptors (Lipinski definition) is 5. The van der Waals surface area contributed by atoms with Crippen LogP contribution in [0.2, 0.25) is 0 Å². The molecule has 1 fully saturated rings. The first-order valence-corrected chi connectivity index (χ1v) is 8.06. The Kier molecular flexibility index (Phi) is 3.49. The van der Waals surface area contributed by atoms with E-state index in [9.17, 15) is 0 Å². The number of nitrogens with two attached hydrogens (primary N) is 1. The van der Waals surface area contributed by atoms with Gasteiger partial charge in [-0.15, -0.1) is 11.3 Å². The first kappa shape index (κ1) is 13.3. The fourth-order valence-electron chi connectivity index (χ4n) is 2.45. The molecule has 0 saturated heterocycles. The van der Waals surface area contributed by atoms with Gasteiger partial charge in [-0.1, -0.05) is 12.1 Å². The first-order valence-electron chi connectivity index (χ1n) is 6.46. The van der Waals surface area contributed by atoms with Crippen LogP contribution in [-0.2, 0) is 5.54 Å². The van der Waals surface area contributed by atoms with E-state index in [0.717, 1.165) is 40.3 Å². The molecular weight excluding hydrogens is 326 g/mol. The Balaban J connectivity index is 1.85. The molecule has 6 heteroatoms. The van der Waals surface area contributed by atoms with Crippen molar-refractivity contribution in [3.63, 3.8) is 0 Å². The van der Waals surface area contributed by atoms with Gasteiger partial charge in [0, 0.05) is 0 Å². The van der Waals surface area contributed by atoms with E-state index in [0.29, 0.717) is 11.7 Å². The Morgan fingerprint density at radius 2 is 2.16 bits per heavy atom. The van der Waals surface area contributed by atoms with Gasteiger partial charge in [-0.25, -0.2) is 0 Å². The third-order valence-electron chi connectivity index (χ3n) is 3.81. The largest absolute Gasteiger partial charge is 0.337 e. The van der Waals surface area contributed by atoms with Gasteiger partial charge in [0.15, 0.2) is 0 Å². The molecule has 2 N–H and O–H groups in total. The molecule has 0 radical (unpaired) electrons. The molecule has 1 saturated carbocycles. The van der Waals surface area contributed by atoms with Crippen LogP contribution in [0.15, 0.2) is 20.4 Å². The number of aromatic nitrogens is 2.